The molecule has 0 aromatic heterocycles. The van der Waals surface area contributed by atoms with Gasteiger partial charge in [-0.1, -0.05) is 15.9 Å². The van der Waals surface area contributed by atoms with E-state index in [4.69, 9.17) is 4.74 Å². The summed E-state index contributed by atoms with van der Waals surface area (Å²) in [6, 6.07) is 0. The Labute approximate surface area is 104 Å². The lowest BCUT2D eigenvalue weighted by Gasteiger charge is -2.16. The Bertz CT molecular complexity index is 314. The van der Waals surface area contributed by atoms with E-state index < -0.39 is 5.97 Å². The van der Waals surface area contributed by atoms with Gasteiger partial charge in [0.05, 0.1) is 6.61 Å². The highest BCUT2D eigenvalue weighted by molar-refractivity contribution is 9.09. The summed E-state index contributed by atoms with van der Waals surface area (Å²) in [7, 11) is 0. The highest BCUT2D eigenvalue weighted by Crippen LogP contribution is 2.23. The summed E-state index contributed by atoms with van der Waals surface area (Å²) in [6.07, 6.45) is 1.91. The van der Waals surface area contributed by atoms with Gasteiger partial charge in [0.25, 0.3) is 0 Å². The average molecular weight is 290 g/mol. The quantitative estimate of drug-likeness (QED) is 0.450. The number of hydrogen-bond acceptors (Lipinski definition) is 3. The molecule has 0 saturated carbocycles. The summed E-state index contributed by atoms with van der Waals surface area (Å²) in [5, 5.41) is 0.807. The first-order chi connectivity index (χ1) is 7.58. The predicted molar refractivity (Wildman–Crippen MR) is 64.0 cm³/mol. The molecule has 1 saturated heterocycles. The molecule has 90 valence electrons. The normalized spacial score (nSPS) is 21.4. The van der Waals surface area contributed by atoms with E-state index in [9.17, 15) is 9.59 Å². The van der Waals surface area contributed by atoms with E-state index in [1.807, 2.05) is 0 Å². The van der Waals surface area contributed by atoms with E-state index in [1.165, 1.54) is 6.08 Å². The van der Waals surface area contributed by atoms with Crippen LogP contribution in [0.2, 0.25) is 0 Å². The lowest BCUT2D eigenvalue weighted by Crippen LogP contribution is -2.24. The first kappa shape index (κ1) is 13.2. The van der Waals surface area contributed by atoms with Gasteiger partial charge in [-0.3, -0.25) is 4.79 Å². The topological polar surface area (TPSA) is 46.6 Å². The van der Waals surface area contributed by atoms with Gasteiger partial charge in [0.15, 0.2) is 0 Å². The number of halogens is 1. The summed E-state index contributed by atoms with van der Waals surface area (Å²) in [5.74, 6) is 0.00985. The number of esters is 1. The predicted octanol–water partition coefficient (Wildman–Crippen LogP) is 1.70. The molecular formula is C11H16BrNO3. The number of allylic oxidation sites excluding steroid dienone is 1. The molecule has 0 radical (unpaired) electrons. The summed E-state index contributed by atoms with van der Waals surface area (Å²) in [5.41, 5.74) is 0.659. The van der Waals surface area contributed by atoms with Gasteiger partial charge in [-0.05, 0) is 19.8 Å². The fourth-order valence-electron chi connectivity index (χ4n) is 1.66. The molecule has 0 aliphatic carbocycles. The minimum Gasteiger partial charge on any atom is -0.463 e. The first-order valence-electron chi connectivity index (χ1n) is 5.29. The molecule has 1 unspecified atom stereocenters. The van der Waals surface area contributed by atoms with E-state index in [2.05, 4.69) is 15.9 Å². The largest absolute Gasteiger partial charge is 0.463 e. The number of carbonyl (C=O) groups excluding carboxylic acids is 2. The van der Waals surface area contributed by atoms with Crippen LogP contribution in [0.25, 0.3) is 0 Å². The van der Waals surface area contributed by atoms with Crippen molar-refractivity contribution < 1.29 is 14.3 Å². The summed E-state index contributed by atoms with van der Waals surface area (Å²) in [6.45, 7) is 4.53. The van der Waals surface area contributed by atoms with E-state index in [0.29, 0.717) is 31.2 Å². The second kappa shape index (κ2) is 6.03. The molecule has 0 aromatic carbocycles. The van der Waals surface area contributed by atoms with Crippen LogP contribution >= 0.6 is 15.9 Å². The van der Waals surface area contributed by atoms with Crippen molar-refractivity contribution in [3.8, 4) is 0 Å². The van der Waals surface area contributed by atoms with Crippen LogP contribution in [0.4, 0.5) is 0 Å². The highest BCUT2D eigenvalue weighted by Gasteiger charge is 2.29. The van der Waals surface area contributed by atoms with Crippen molar-refractivity contribution >= 4 is 27.8 Å². The van der Waals surface area contributed by atoms with Crippen molar-refractivity contribution in [2.75, 3.05) is 18.5 Å². The van der Waals surface area contributed by atoms with Crippen molar-refractivity contribution in [3.63, 3.8) is 0 Å². The molecule has 4 nitrogen and oxygen atoms in total. The fraction of sp³-hybridized carbons (Fsp3) is 0.636. The van der Waals surface area contributed by atoms with Crippen LogP contribution in [-0.4, -0.2) is 35.3 Å². The van der Waals surface area contributed by atoms with Crippen LogP contribution in [0, 0.1) is 5.92 Å². The Morgan fingerprint density at radius 3 is 2.88 bits per heavy atom. The van der Waals surface area contributed by atoms with Crippen molar-refractivity contribution in [2.24, 2.45) is 5.92 Å². The van der Waals surface area contributed by atoms with Crippen molar-refractivity contribution in [2.45, 2.75) is 20.3 Å². The third-order valence-electron chi connectivity index (χ3n) is 2.46. The van der Waals surface area contributed by atoms with Gasteiger partial charge in [-0.2, -0.15) is 0 Å². The van der Waals surface area contributed by atoms with Gasteiger partial charge in [-0.25, -0.2) is 4.79 Å². The van der Waals surface area contributed by atoms with E-state index in [0.717, 1.165) is 5.33 Å². The summed E-state index contributed by atoms with van der Waals surface area (Å²) >= 11 is 3.37. The van der Waals surface area contributed by atoms with Crippen LogP contribution in [0.3, 0.4) is 0 Å². The molecule has 5 heteroatoms. The van der Waals surface area contributed by atoms with Crippen LogP contribution in [0.15, 0.2) is 11.8 Å². The molecule has 1 heterocycles. The average Bonchev–Trinajstić information content (AvgIpc) is 2.60. The molecule has 0 spiro atoms. The van der Waals surface area contributed by atoms with Gasteiger partial charge < -0.3 is 9.64 Å². The number of ether oxygens (including phenoxy) is 1. The minimum absolute atomic E-state index is 0.0718. The Morgan fingerprint density at radius 2 is 2.38 bits per heavy atom. The number of alkyl halides is 1. The van der Waals surface area contributed by atoms with Gasteiger partial charge in [0, 0.05) is 30.1 Å². The summed E-state index contributed by atoms with van der Waals surface area (Å²) in [4.78, 5) is 24.5. The molecule has 16 heavy (non-hydrogen) atoms. The second-order valence-electron chi connectivity index (χ2n) is 3.77. The molecule has 1 amide bonds. The van der Waals surface area contributed by atoms with Crippen LogP contribution in [0.5, 0.6) is 0 Å². The molecule has 1 aliphatic rings. The Kier molecular flexibility index (Phi) is 4.99. The monoisotopic (exact) mass is 289 g/mol. The Morgan fingerprint density at radius 1 is 1.69 bits per heavy atom. The smallest absolute Gasteiger partial charge is 0.332 e. The third kappa shape index (κ3) is 3.33. The van der Waals surface area contributed by atoms with E-state index in [-0.39, 0.29) is 5.91 Å². The van der Waals surface area contributed by atoms with Gasteiger partial charge in [-0.15, -0.1) is 0 Å². The zero-order valence-electron chi connectivity index (χ0n) is 9.53. The third-order valence-corrected chi connectivity index (χ3v) is 3.38. The SMILES string of the molecule is CCOC(=O)C=C(C)N1CC(CBr)CC1=O. The second-order valence-corrected chi connectivity index (χ2v) is 4.41. The lowest BCUT2D eigenvalue weighted by atomic mass is 10.2. The number of hydrogen-bond donors (Lipinski definition) is 0. The minimum atomic E-state index is -0.393. The molecule has 0 aromatic rings. The number of likely N-dealkylation sites (tertiary alicyclic amines) is 1. The van der Waals surface area contributed by atoms with Crippen LogP contribution in [0.1, 0.15) is 20.3 Å². The van der Waals surface area contributed by atoms with Crippen LogP contribution < -0.4 is 0 Å². The van der Waals surface area contributed by atoms with Gasteiger partial charge >= 0.3 is 5.97 Å². The highest BCUT2D eigenvalue weighted by atomic mass is 79.9. The number of carbonyl (C=O) groups is 2. The molecule has 1 fully saturated rings. The Hall–Kier alpha value is -0.840. The first-order valence-corrected chi connectivity index (χ1v) is 6.42. The maximum atomic E-state index is 11.6. The maximum absolute atomic E-state index is 11.6. The molecule has 1 rings (SSSR count). The number of rotatable bonds is 4. The molecule has 1 atom stereocenters. The maximum Gasteiger partial charge on any atom is 0.332 e. The van der Waals surface area contributed by atoms with Crippen molar-refractivity contribution in [3.05, 3.63) is 11.8 Å². The van der Waals surface area contributed by atoms with Crippen molar-refractivity contribution in [1.82, 2.24) is 4.90 Å². The lowest BCUT2D eigenvalue weighted by molar-refractivity contribution is -0.137. The van der Waals surface area contributed by atoms with Gasteiger partial charge in [0.1, 0.15) is 0 Å². The van der Waals surface area contributed by atoms with Gasteiger partial charge in [0.2, 0.25) is 5.91 Å². The zero-order chi connectivity index (χ0) is 12.1. The molecule has 0 N–H and O–H groups in total. The zero-order valence-corrected chi connectivity index (χ0v) is 11.1. The molecule has 0 bridgehead atoms. The number of amides is 1. The number of nitrogens with zero attached hydrogens (tertiary/aromatic N) is 1. The standard InChI is InChI=1S/C11H16BrNO3/c1-3-16-11(15)4-8(2)13-7-9(6-12)5-10(13)14/h4,9H,3,5-7H2,1-2H3. The van der Waals surface area contributed by atoms with E-state index >= 15 is 0 Å². The van der Waals surface area contributed by atoms with E-state index in [1.54, 1.807) is 18.7 Å². The summed E-state index contributed by atoms with van der Waals surface area (Å²) < 4.78 is 4.80. The molecular weight excluding hydrogens is 274 g/mol. The fourth-order valence-corrected chi connectivity index (χ4v) is 2.09. The van der Waals surface area contributed by atoms with Crippen molar-refractivity contribution in [1.29, 1.82) is 0 Å². The Balaban J connectivity index is 2.63. The molecule has 1 aliphatic heterocycles. The van der Waals surface area contributed by atoms with Crippen LogP contribution in [-0.2, 0) is 14.3 Å².